The number of rotatable bonds is 5. The third-order valence-corrected chi connectivity index (χ3v) is 4.25. The lowest BCUT2D eigenvalue weighted by Gasteiger charge is -2.16. The van der Waals surface area contributed by atoms with Crippen molar-refractivity contribution >= 4 is 5.91 Å². The summed E-state index contributed by atoms with van der Waals surface area (Å²) in [6.07, 6.45) is 5.35. The van der Waals surface area contributed by atoms with E-state index in [1.54, 1.807) is 13.0 Å². The van der Waals surface area contributed by atoms with Gasteiger partial charge in [-0.25, -0.2) is 9.67 Å². The quantitative estimate of drug-likeness (QED) is 0.811. The molecule has 0 saturated carbocycles. The Morgan fingerprint density at radius 1 is 1.20 bits per heavy atom. The van der Waals surface area contributed by atoms with Crippen molar-refractivity contribution in [3.05, 3.63) is 56.1 Å². The maximum atomic E-state index is 12.1. The van der Waals surface area contributed by atoms with Gasteiger partial charge in [0.15, 0.2) is 0 Å². The van der Waals surface area contributed by atoms with Gasteiger partial charge in [0, 0.05) is 24.4 Å². The summed E-state index contributed by atoms with van der Waals surface area (Å²) >= 11 is 0. The maximum Gasteiger partial charge on any atom is 0.267 e. The number of hydrogen-bond acceptors (Lipinski definition) is 5. The fourth-order valence-electron chi connectivity index (χ4n) is 2.91. The van der Waals surface area contributed by atoms with Crippen LogP contribution in [0.4, 0.5) is 0 Å². The summed E-state index contributed by atoms with van der Waals surface area (Å²) < 4.78 is 2.63. The van der Waals surface area contributed by atoms with Crippen molar-refractivity contribution in [1.82, 2.24) is 24.6 Å². The van der Waals surface area contributed by atoms with Crippen molar-refractivity contribution in [3.63, 3.8) is 0 Å². The van der Waals surface area contributed by atoms with Crippen LogP contribution in [0.15, 0.2) is 28.0 Å². The predicted octanol–water partition coefficient (Wildman–Crippen LogP) is -0.196. The van der Waals surface area contributed by atoms with Crippen molar-refractivity contribution in [2.45, 2.75) is 45.7 Å². The molecule has 132 valence electrons. The lowest BCUT2D eigenvalue weighted by Crippen LogP contribution is -2.36. The number of carbonyl (C=O) groups is 1. The Morgan fingerprint density at radius 3 is 2.80 bits per heavy atom. The molecular formula is C17H21N5O3. The summed E-state index contributed by atoms with van der Waals surface area (Å²) in [5, 5.41) is 7.11. The zero-order valence-corrected chi connectivity index (χ0v) is 14.2. The van der Waals surface area contributed by atoms with Gasteiger partial charge in [-0.1, -0.05) is 0 Å². The SMILES string of the molecule is Cc1cc(=O)n(CC(=O)NCCn2nc3c(cc2=O)CCCC3)cn1. The van der Waals surface area contributed by atoms with Crippen LogP contribution in [0.1, 0.15) is 29.8 Å². The minimum atomic E-state index is -0.307. The number of aromatic nitrogens is 4. The number of nitrogens with one attached hydrogen (secondary N) is 1. The van der Waals surface area contributed by atoms with Gasteiger partial charge in [-0.05, 0) is 38.2 Å². The summed E-state index contributed by atoms with van der Waals surface area (Å²) in [4.78, 5) is 39.8. The molecule has 2 aromatic rings. The van der Waals surface area contributed by atoms with Crippen LogP contribution in [0.5, 0.6) is 0 Å². The molecule has 1 amide bonds. The van der Waals surface area contributed by atoms with Gasteiger partial charge in [-0.3, -0.25) is 19.0 Å². The molecule has 0 atom stereocenters. The highest BCUT2D eigenvalue weighted by molar-refractivity contribution is 5.75. The summed E-state index contributed by atoms with van der Waals surface area (Å²) in [6, 6.07) is 3.03. The number of fused-ring (bicyclic) bond motifs is 1. The number of nitrogens with zero attached hydrogens (tertiary/aromatic N) is 4. The fraction of sp³-hybridized carbons (Fsp3) is 0.471. The minimum Gasteiger partial charge on any atom is -0.353 e. The second-order valence-corrected chi connectivity index (χ2v) is 6.23. The van der Waals surface area contributed by atoms with Crippen molar-refractivity contribution in [1.29, 1.82) is 0 Å². The number of aryl methyl sites for hydroxylation is 3. The van der Waals surface area contributed by atoms with E-state index in [1.807, 2.05) is 0 Å². The minimum absolute atomic E-state index is 0.0986. The molecular weight excluding hydrogens is 322 g/mol. The van der Waals surface area contributed by atoms with E-state index in [-0.39, 0.29) is 30.1 Å². The summed E-state index contributed by atoms with van der Waals surface area (Å²) in [7, 11) is 0. The van der Waals surface area contributed by atoms with Gasteiger partial charge in [0.05, 0.1) is 18.6 Å². The number of hydrogen-bond donors (Lipinski definition) is 1. The van der Waals surface area contributed by atoms with Crippen molar-refractivity contribution < 1.29 is 4.79 Å². The molecule has 0 spiro atoms. The normalized spacial score (nSPS) is 13.3. The molecule has 1 aliphatic rings. The molecule has 3 rings (SSSR count). The van der Waals surface area contributed by atoms with Crippen LogP contribution < -0.4 is 16.4 Å². The molecule has 2 heterocycles. The van der Waals surface area contributed by atoms with E-state index in [0.717, 1.165) is 36.9 Å². The van der Waals surface area contributed by atoms with Crippen LogP contribution in [0.2, 0.25) is 0 Å². The Morgan fingerprint density at radius 2 is 2.00 bits per heavy atom. The molecule has 0 radical (unpaired) electrons. The Hall–Kier alpha value is -2.77. The molecule has 0 aliphatic heterocycles. The zero-order chi connectivity index (χ0) is 17.8. The molecule has 0 bridgehead atoms. The van der Waals surface area contributed by atoms with Gasteiger partial charge in [-0.2, -0.15) is 5.10 Å². The van der Waals surface area contributed by atoms with E-state index in [2.05, 4.69) is 15.4 Å². The van der Waals surface area contributed by atoms with Crippen LogP contribution in [-0.2, 0) is 30.7 Å². The lowest BCUT2D eigenvalue weighted by atomic mass is 9.97. The van der Waals surface area contributed by atoms with Crippen LogP contribution in [0.3, 0.4) is 0 Å². The van der Waals surface area contributed by atoms with Crippen LogP contribution in [-0.4, -0.2) is 31.8 Å². The Labute approximate surface area is 144 Å². The molecule has 8 nitrogen and oxygen atoms in total. The number of carbonyl (C=O) groups excluding carboxylic acids is 1. The first-order valence-corrected chi connectivity index (χ1v) is 8.42. The predicted molar refractivity (Wildman–Crippen MR) is 91.4 cm³/mol. The first-order valence-electron chi connectivity index (χ1n) is 8.42. The van der Waals surface area contributed by atoms with Gasteiger partial charge >= 0.3 is 0 Å². The van der Waals surface area contributed by atoms with Gasteiger partial charge in [0.25, 0.3) is 11.1 Å². The topological polar surface area (TPSA) is 98.9 Å². The van der Waals surface area contributed by atoms with Crippen LogP contribution in [0.25, 0.3) is 0 Å². The van der Waals surface area contributed by atoms with E-state index in [1.165, 1.54) is 21.6 Å². The maximum absolute atomic E-state index is 12.1. The van der Waals surface area contributed by atoms with Crippen molar-refractivity contribution in [2.24, 2.45) is 0 Å². The van der Waals surface area contributed by atoms with Gasteiger partial charge in [0.1, 0.15) is 6.54 Å². The van der Waals surface area contributed by atoms with Gasteiger partial charge in [-0.15, -0.1) is 0 Å². The molecule has 1 N–H and O–H groups in total. The monoisotopic (exact) mass is 343 g/mol. The van der Waals surface area contributed by atoms with E-state index < -0.39 is 0 Å². The standard InChI is InChI=1S/C17H21N5O3/c1-12-8-16(24)21(11-19-12)10-15(23)18-6-7-22-17(25)9-13-4-2-3-5-14(13)20-22/h8-9,11H,2-7,10H2,1H3,(H,18,23). The second kappa shape index (κ2) is 7.42. The first-order chi connectivity index (χ1) is 12.0. The molecule has 8 heteroatoms. The molecule has 1 aliphatic carbocycles. The molecule has 0 unspecified atom stereocenters. The third kappa shape index (κ3) is 4.20. The Balaban J connectivity index is 1.56. The summed E-state index contributed by atoms with van der Waals surface area (Å²) in [5.41, 5.74) is 2.22. The average molecular weight is 343 g/mol. The Kier molecular flexibility index (Phi) is 5.06. The van der Waals surface area contributed by atoms with Crippen molar-refractivity contribution in [2.75, 3.05) is 6.54 Å². The summed E-state index contributed by atoms with van der Waals surface area (Å²) in [5.74, 6) is -0.307. The second-order valence-electron chi connectivity index (χ2n) is 6.23. The van der Waals surface area contributed by atoms with Gasteiger partial charge < -0.3 is 5.32 Å². The van der Waals surface area contributed by atoms with E-state index >= 15 is 0 Å². The first kappa shape index (κ1) is 17.1. The highest BCUT2D eigenvalue weighted by Gasteiger charge is 2.13. The van der Waals surface area contributed by atoms with Crippen LogP contribution >= 0.6 is 0 Å². The lowest BCUT2D eigenvalue weighted by molar-refractivity contribution is -0.121. The highest BCUT2D eigenvalue weighted by atomic mass is 16.2. The Bertz CT molecular complexity index is 900. The zero-order valence-electron chi connectivity index (χ0n) is 14.2. The molecule has 0 saturated heterocycles. The van der Waals surface area contributed by atoms with Gasteiger partial charge in [0.2, 0.25) is 5.91 Å². The van der Waals surface area contributed by atoms with E-state index in [4.69, 9.17) is 0 Å². The largest absolute Gasteiger partial charge is 0.353 e. The van der Waals surface area contributed by atoms with Crippen LogP contribution in [0, 0.1) is 6.92 Å². The third-order valence-electron chi connectivity index (χ3n) is 4.25. The molecule has 0 fully saturated rings. The fourth-order valence-corrected chi connectivity index (χ4v) is 2.91. The number of amides is 1. The molecule has 0 aromatic carbocycles. The highest BCUT2D eigenvalue weighted by Crippen LogP contribution is 2.16. The summed E-state index contributed by atoms with van der Waals surface area (Å²) in [6.45, 7) is 2.20. The average Bonchev–Trinajstić information content (AvgIpc) is 2.58. The van der Waals surface area contributed by atoms with E-state index in [0.29, 0.717) is 12.2 Å². The van der Waals surface area contributed by atoms with Crippen molar-refractivity contribution in [3.8, 4) is 0 Å². The van der Waals surface area contributed by atoms with E-state index in [9.17, 15) is 14.4 Å². The smallest absolute Gasteiger partial charge is 0.267 e. The molecule has 2 aromatic heterocycles. The molecule has 25 heavy (non-hydrogen) atoms.